The maximum absolute atomic E-state index is 4.37. The Morgan fingerprint density at radius 3 is 1.10 bits per heavy atom. The van der Waals surface area contributed by atoms with E-state index >= 15 is 0 Å². The fraction of sp³-hybridized carbons (Fsp3) is 0. The molecule has 61 heavy (non-hydrogen) atoms. The number of pyridine rings is 2. The van der Waals surface area contributed by atoms with Crippen molar-refractivity contribution in [2.45, 2.75) is 0 Å². The lowest BCUT2D eigenvalue weighted by molar-refractivity contribution is 1.18. The summed E-state index contributed by atoms with van der Waals surface area (Å²) in [5.74, 6) is 0. The number of nitrogens with zero attached hydrogens (tertiary/aromatic N) is 3. The van der Waals surface area contributed by atoms with Crippen molar-refractivity contribution in [1.29, 1.82) is 0 Å². The predicted octanol–water partition coefficient (Wildman–Crippen LogP) is 15.2. The van der Waals surface area contributed by atoms with Crippen LogP contribution in [0.2, 0.25) is 0 Å². The Labute approximate surface area is 355 Å². The van der Waals surface area contributed by atoms with Gasteiger partial charge >= 0.3 is 0 Å². The molecular formula is C58H39N3. The summed E-state index contributed by atoms with van der Waals surface area (Å²) in [7, 11) is 0. The van der Waals surface area contributed by atoms with Gasteiger partial charge in [-0.1, -0.05) is 127 Å². The molecule has 0 saturated carbocycles. The molecular weight excluding hydrogens is 739 g/mol. The normalized spacial score (nSPS) is 11.3. The molecule has 3 heterocycles. The highest BCUT2D eigenvalue weighted by Crippen LogP contribution is 2.39. The standard InChI is InChI=1S/C58H39N3/c1-2-22-54(23-3-1)61-57-25-5-4-24-55(57)56-37-48(26-27-58(56)61)53-35-51(46-18-8-14-42(32-46)40-12-6-16-44(30-40)49-20-10-28-59-38-49)34-52(36-53)47-19-9-15-43(33-47)41-13-7-17-45(31-41)50-21-11-29-60-39-50/h1-39H. The highest BCUT2D eigenvalue weighted by atomic mass is 15.0. The van der Waals surface area contributed by atoms with Crippen molar-refractivity contribution in [3.8, 4) is 83.6 Å². The van der Waals surface area contributed by atoms with Gasteiger partial charge in [0.25, 0.3) is 0 Å². The molecule has 3 nitrogen and oxygen atoms in total. The van der Waals surface area contributed by atoms with Crippen molar-refractivity contribution in [2.75, 3.05) is 0 Å². The third kappa shape index (κ3) is 6.98. The summed E-state index contributed by atoms with van der Waals surface area (Å²) >= 11 is 0. The van der Waals surface area contributed by atoms with E-state index in [1.807, 2.05) is 36.9 Å². The third-order valence-corrected chi connectivity index (χ3v) is 11.7. The molecule has 3 heteroatoms. The summed E-state index contributed by atoms with van der Waals surface area (Å²) in [4.78, 5) is 8.73. The number of rotatable bonds is 8. The van der Waals surface area contributed by atoms with Crippen molar-refractivity contribution >= 4 is 21.8 Å². The van der Waals surface area contributed by atoms with Crippen LogP contribution in [-0.2, 0) is 0 Å². The number of benzene rings is 8. The van der Waals surface area contributed by atoms with Crippen LogP contribution in [0.1, 0.15) is 0 Å². The van der Waals surface area contributed by atoms with E-state index in [0.29, 0.717) is 0 Å². The first-order chi connectivity index (χ1) is 30.2. The van der Waals surface area contributed by atoms with E-state index in [2.05, 4.69) is 215 Å². The molecule has 11 aromatic rings. The Morgan fingerprint density at radius 2 is 0.623 bits per heavy atom. The maximum atomic E-state index is 4.37. The number of aromatic nitrogens is 3. The predicted molar refractivity (Wildman–Crippen MR) is 254 cm³/mol. The fourth-order valence-corrected chi connectivity index (χ4v) is 8.72. The van der Waals surface area contributed by atoms with Gasteiger partial charge in [0, 0.05) is 52.4 Å². The molecule has 0 aliphatic heterocycles. The minimum Gasteiger partial charge on any atom is -0.309 e. The first-order valence-corrected chi connectivity index (χ1v) is 20.7. The molecule has 0 amide bonds. The molecule has 0 aliphatic rings. The van der Waals surface area contributed by atoms with Crippen LogP contribution in [0.25, 0.3) is 105 Å². The lowest BCUT2D eigenvalue weighted by Crippen LogP contribution is -1.93. The summed E-state index contributed by atoms with van der Waals surface area (Å²) in [5, 5.41) is 2.47. The van der Waals surface area contributed by atoms with E-state index in [-0.39, 0.29) is 0 Å². The molecule has 0 fully saturated rings. The van der Waals surface area contributed by atoms with E-state index < -0.39 is 0 Å². The van der Waals surface area contributed by atoms with E-state index in [4.69, 9.17) is 0 Å². The van der Waals surface area contributed by atoms with Crippen LogP contribution in [0.4, 0.5) is 0 Å². The largest absolute Gasteiger partial charge is 0.309 e. The Bertz CT molecular complexity index is 3200. The van der Waals surface area contributed by atoms with Gasteiger partial charge < -0.3 is 4.57 Å². The molecule has 0 aliphatic carbocycles. The van der Waals surface area contributed by atoms with Gasteiger partial charge in [0.15, 0.2) is 0 Å². The third-order valence-electron chi connectivity index (χ3n) is 11.7. The highest BCUT2D eigenvalue weighted by Gasteiger charge is 2.15. The topological polar surface area (TPSA) is 30.7 Å². The second-order valence-electron chi connectivity index (χ2n) is 15.5. The van der Waals surface area contributed by atoms with Gasteiger partial charge in [-0.05, 0) is 152 Å². The number of hydrogen-bond donors (Lipinski definition) is 0. The minimum atomic E-state index is 1.10. The van der Waals surface area contributed by atoms with Crippen LogP contribution in [0.15, 0.2) is 237 Å². The number of para-hydroxylation sites is 2. The average Bonchev–Trinajstić information content (AvgIpc) is 3.68. The Hall–Kier alpha value is -8.14. The summed E-state index contributed by atoms with van der Waals surface area (Å²) < 4.78 is 2.37. The molecule has 3 aromatic heterocycles. The van der Waals surface area contributed by atoms with Gasteiger partial charge in [0.05, 0.1) is 11.0 Å². The monoisotopic (exact) mass is 777 g/mol. The zero-order valence-corrected chi connectivity index (χ0v) is 33.4. The molecule has 0 unspecified atom stereocenters. The van der Waals surface area contributed by atoms with Crippen LogP contribution in [0, 0.1) is 0 Å². The first kappa shape index (κ1) is 36.0. The van der Waals surface area contributed by atoms with E-state index in [1.54, 1.807) is 0 Å². The van der Waals surface area contributed by atoms with Gasteiger partial charge in [0.2, 0.25) is 0 Å². The van der Waals surface area contributed by atoms with E-state index in [9.17, 15) is 0 Å². The Kier molecular flexibility index (Phi) is 9.18. The molecule has 0 bridgehead atoms. The SMILES string of the molecule is c1ccc(-n2c3ccccc3c3cc(-c4cc(-c5cccc(-c6cccc(-c7cccnc7)c6)c5)cc(-c5cccc(-c6cccc(-c7cccnc7)c6)c5)c4)ccc32)cc1. The average molecular weight is 778 g/mol. The molecule has 0 atom stereocenters. The summed E-state index contributed by atoms with van der Waals surface area (Å²) in [5.41, 5.74) is 19.7. The van der Waals surface area contributed by atoms with Crippen LogP contribution in [0.3, 0.4) is 0 Å². The molecule has 0 spiro atoms. The molecule has 11 rings (SSSR count). The fourth-order valence-electron chi connectivity index (χ4n) is 8.72. The van der Waals surface area contributed by atoms with E-state index in [0.717, 1.165) is 50.2 Å². The molecule has 0 radical (unpaired) electrons. The quantitative estimate of drug-likeness (QED) is 0.154. The molecule has 0 N–H and O–H groups in total. The first-order valence-electron chi connectivity index (χ1n) is 20.7. The number of hydrogen-bond acceptors (Lipinski definition) is 2. The summed E-state index contributed by atoms with van der Waals surface area (Å²) in [6.07, 6.45) is 7.48. The van der Waals surface area contributed by atoms with Gasteiger partial charge in [-0.25, -0.2) is 0 Å². The zero-order chi connectivity index (χ0) is 40.5. The summed E-state index contributed by atoms with van der Waals surface area (Å²) in [6, 6.07) is 76.9. The molecule has 0 saturated heterocycles. The van der Waals surface area contributed by atoms with Gasteiger partial charge in [0.1, 0.15) is 0 Å². The maximum Gasteiger partial charge on any atom is 0.0541 e. The van der Waals surface area contributed by atoms with E-state index in [1.165, 1.54) is 55.2 Å². The lowest BCUT2D eigenvalue weighted by atomic mass is 9.90. The Morgan fingerprint density at radius 1 is 0.246 bits per heavy atom. The van der Waals surface area contributed by atoms with Gasteiger partial charge in [-0.15, -0.1) is 0 Å². The van der Waals surface area contributed by atoms with Crippen molar-refractivity contribution in [1.82, 2.24) is 14.5 Å². The van der Waals surface area contributed by atoms with Crippen molar-refractivity contribution in [3.63, 3.8) is 0 Å². The van der Waals surface area contributed by atoms with Crippen molar-refractivity contribution < 1.29 is 0 Å². The van der Waals surface area contributed by atoms with Crippen LogP contribution in [-0.4, -0.2) is 14.5 Å². The molecule has 286 valence electrons. The summed E-state index contributed by atoms with van der Waals surface area (Å²) in [6.45, 7) is 0. The van der Waals surface area contributed by atoms with Crippen molar-refractivity contribution in [3.05, 3.63) is 237 Å². The van der Waals surface area contributed by atoms with Gasteiger partial charge in [-0.2, -0.15) is 0 Å². The van der Waals surface area contributed by atoms with Crippen LogP contribution >= 0.6 is 0 Å². The zero-order valence-electron chi connectivity index (χ0n) is 33.4. The van der Waals surface area contributed by atoms with Gasteiger partial charge in [-0.3, -0.25) is 9.97 Å². The second kappa shape index (κ2) is 15.6. The number of fused-ring (bicyclic) bond motifs is 3. The highest BCUT2D eigenvalue weighted by molar-refractivity contribution is 6.10. The van der Waals surface area contributed by atoms with Crippen LogP contribution < -0.4 is 0 Å². The smallest absolute Gasteiger partial charge is 0.0541 e. The van der Waals surface area contributed by atoms with Crippen molar-refractivity contribution in [2.24, 2.45) is 0 Å². The Balaban J connectivity index is 1.06. The molecule has 8 aromatic carbocycles. The lowest BCUT2D eigenvalue weighted by Gasteiger charge is -2.14. The second-order valence-corrected chi connectivity index (χ2v) is 15.5. The van der Waals surface area contributed by atoms with Crippen LogP contribution in [0.5, 0.6) is 0 Å². The minimum absolute atomic E-state index is 1.10.